The Labute approximate surface area is 120 Å². The molecular formula is C16H22N2S. The fourth-order valence-electron chi connectivity index (χ4n) is 3.06. The number of aliphatic imine (C=N–C) groups is 1. The number of fused-ring (bicyclic) bond motifs is 1. The number of amidine groups is 1. The van der Waals surface area contributed by atoms with E-state index in [1.807, 2.05) is 11.8 Å². The molecule has 0 radical (unpaired) electrons. The van der Waals surface area contributed by atoms with Gasteiger partial charge < -0.3 is 5.32 Å². The van der Waals surface area contributed by atoms with E-state index in [9.17, 15) is 0 Å². The van der Waals surface area contributed by atoms with E-state index in [1.165, 1.54) is 35.7 Å². The first-order valence-corrected chi connectivity index (χ1v) is 8.31. The molecule has 0 spiro atoms. The summed E-state index contributed by atoms with van der Waals surface area (Å²) in [4.78, 5) is 4.89. The van der Waals surface area contributed by atoms with Gasteiger partial charge in [0.25, 0.3) is 0 Å². The Morgan fingerprint density at radius 1 is 1.32 bits per heavy atom. The lowest BCUT2D eigenvalue weighted by Crippen LogP contribution is -2.36. The van der Waals surface area contributed by atoms with Crippen LogP contribution in [0.1, 0.15) is 31.7 Å². The molecule has 1 aromatic rings. The molecule has 2 aliphatic rings. The van der Waals surface area contributed by atoms with E-state index in [1.54, 1.807) is 0 Å². The fourth-order valence-corrected chi connectivity index (χ4v) is 4.32. The molecule has 1 aromatic carbocycles. The smallest absolute Gasteiger partial charge is 0.157 e. The predicted molar refractivity (Wildman–Crippen MR) is 83.8 cm³/mol. The minimum absolute atomic E-state index is 0.451. The lowest BCUT2D eigenvalue weighted by atomic mass is 10.1. The van der Waals surface area contributed by atoms with Crippen LogP contribution in [-0.2, 0) is 6.42 Å². The van der Waals surface area contributed by atoms with E-state index in [0.29, 0.717) is 12.1 Å². The second kappa shape index (κ2) is 6.00. The minimum Gasteiger partial charge on any atom is -0.362 e. The van der Waals surface area contributed by atoms with Gasteiger partial charge in [-0.2, -0.15) is 0 Å². The first-order valence-electron chi connectivity index (χ1n) is 7.32. The zero-order valence-electron chi connectivity index (χ0n) is 11.5. The van der Waals surface area contributed by atoms with Crippen molar-refractivity contribution in [2.75, 3.05) is 5.75 Å². The molecule has 3 atom stereocenters. The van der Waals surface area contributed by atoms with Crippen molar-refractivity contribution in [2.24, 2.45) is 10.9 Å². The summed E-state index contributed by atoms with van der Waals surface area (Å²) in [6.07, 6.45) is 5.11. The Morgan fingerprint density at radius 2 is 2.16 bits per heavy atom. The van der Waals surface area contributed by atoms with Crippen LogP contribution in [0.5, 0.6) is 0 Å². The van der Waals surface area contributed by atoms with Crippen LogP contribution in [0, 0.1) is 5.92 Å². The first-order chi connectivity index (χ1) is 9.31. The van der Waals surface area contributed by atoms with Gasteiger partial charge in [0, 0.05) is 11.8 Å². The van der Waals surface area contributed by atoms with E-state index < -0.39 is 0 Å². The van der Waals surface area contributed by atoms with Gasteiger partial charge >= 0.3 is 0 Å². The number of hydrogen-bond acceptors (Lipinski definition) is 3. The highest BCUT2D eigenvalue weighted by molar-refractivity contribution is 8.13. The summed E-state index contributed by atoms with van der Waals surface area (Å²) in [5.74, 6) is 2.11. The summed E-state index contributed by atoms with van der Waals surface area (Å²) in [7, 11) is 0. The number of hydrogen-bond donors (Lipinski definition) is 1. The average molecular weight is 274 g/mol. The zero-order chi connectivity index (χ0) is 13.1. The predicted octanol–water partition coefficient (Wildman–Crippen LogP) is 3.48. The Bertz CT molecular complexity index is 443. The molecule has 0 aromatic heterocycles. The molecule has 1 aliphatic heterocycles. The van der Waals surface area contributed by atoms with Crippen LogP contribution in [-0.4, -0.2) is 23.0 Å². The number of benzene rings is 1. The maximum absolute atomic E-state index is 4.89. The molecule has 0 amide bonds. The van der Waals surface area contributed by atoms with Crippen molar-refractivity contribution in [1.82, 2.24) is 5.32 Å². The number of nitrogens with one attached hydrogen (secondary N) is 1. The highest BCUT2D eigenvalue weighted by Gasteiger charge is 2.31. The lowest BCUT2D eigenvalue weighted by Gasteiger charge is -2.25. The molecule has 1 N–H and O–H groups in total. The maximum atomic E-state index is 4.89. The number of nitrogens with zero attached hydrogens (tertiary/aromatic N) is 1. The maximum Gasteiger partial charge on any atom is 0.157 e. The first kappa shape index (κ1) is 13.0. The van der Waals surface area contributed by atoms with Gasteiger partial charge in [-0.3, -0.25) is 4.99 Å². The van der Waals surface area contributed by atoms with Crippen molar-refractivity contribution in [3.05, 3.63) is 35.9 Å². The van der Waals surface area contributed by atoms with Crippen molar-refractivity contribution in [1.29, 1.82) is 0 Å². The minimum atomic E-state index is 0.451. The van der Waals surface area contributed by atoms with Crippen molar-refractivity contribution >= 4 is 16.9 Å². The highest BCUT2D eigenvalue weighted by atomic mass is 32.2. The van der Waals surface area contributed by atoms with Gasteiger partial charge in [-0.1, -0.05) is 48.5 Å². The van der Waals surface area contributed by atoms with Gasteiger partial charge in [0.05, 0.1) is 6.04 Å². The van der Waals surface area contributed by atoms with Gasteiger partial charge in [-0.15, -0.1) is 0 Å². The van der Waals surface area contributed by atoms with Crippen molar-refractivity contribution < 1.29 is 0 Å². The SMILES string of the molecule is CC(Cc1ccccc1)NC1=NC2CCCC2CS1. The molecule has 0 bridgehead atoms. The molecule has 19 heavy (non-hydrogen) atoms. The van der Waals surface area contributed by atoms with Crippen LogP contribution in [0.15, 0.2) is 35.3 Å². The molecule has 1 fully saturated rings. The van der Waals surface area contributed by atoms with E-state index in [2.05, 4.69) is 42.6 Å². The summed E-state index contributed by atoms with van der Waals surface area (Å²) in [6.45, 7) is 2.25. The molecule has 3 unspecified atom stereocenters. The van der Waals surface area contributed by atoms with Crippen LogP contribution in [0.25, 0.3) is 0 Å². The van der Waals surface area contributed by atoms with E-state index in [4.69, 9.17) is 4.99 Å². The molecule has 1 saturated carbocycles. The van der Waals surface area contributed by atoms with Crippen LogP contribution >= 0.6 is 11.8 Å². The summed E-state index contributed by atoms with van der Waals surface area (Å²) >= 11 is 1.92. The topological polar surface area (TPSA) is 24.4 Å². The van der Waals surface area contributed by atoms with E-state index in [-0.39, 0.29) is 0 Å². The molecule has 0 saturated heterocycles. The number of thioether (sulfide) groups is 1. The third-order valence-corrected chi connectivity index (χ3v) is 5.18. The van der Waals surface area contributed by atoms with Crippen LogP contribution < -0.4 is 5.32 Å². The molecule has 3 rings (SSSR count). The lowest BCUT2D eigenvalue weighted by molar-refractivity contribution is 0.530. The highest BCUT2D eigenvalue weighted by Crippen LogP contribution is 2.35. The van der Waals surface area contributed by atoms with E-state index in [0.717, 1.165) is 12.3 Å². The van der Waals surface area contributed by atoms with Crippen LogP contribution in [0.4, 0.5) is 0 Å². The Hall–Kier alpha value is -0.960. The van der Waals surface area contributed by atoms with E-state index >= 15 is 0 Å². The second-order valence-electron chi connectivity index (χ2n) is 5.74. The third-order valence-electron chi connectivity index (χ3n) is 4.09. The third kappa shape index (κ3) is 3.33. The van der Waals surface area contributed by atoms with Crippen LogP contribution in [0.3, 0.4) is 0 Å². The quantitative estimate of drug-likeness (QED) is 0.912. The molecule has 2 nitrogen and oxygen atoms in total. The van der Waals surface area contributed by atoms with Crippen molar-refractivity contribution in [3.8, 4) is 0 Å². The van der Waals surface area contributed by atoms with Crippen LogP contribution in [0.2, 0.25) is 0 Å². The standard InChI is InChI=1S/C16H22N2S/c1-12(10-13-6-3-2-4-7-13)17-16-18-15-9-5-8-14(15)11-19-16/h2-4,6-7,12,14-15H,5,8-11H2,1H3,(H,17,18). The summed E-state index contributed by atoms with van der Waals surface area (Å²) in [6, 6.07) is 11.7. The Kier molecular flexibility index (Phi) is 4.12. The number of rotatable bonds is 3. The van der Waals surface area contributed by atoms with Gasteiger partial charge in [-0.05, 0) is 37.7 Å². The average Bonchev–Trinajstić information content (AvgIpc) is 2.87. The Morgan fingerprint density at radius 3 is 3.00 bits per heavy atom. The monoisotopic (exact) mass is 274 g/mol. The molecule has 1 heterocycles. The van der Waals surface area contributed by atoms with Crippen molar-refractivity contribution in [2.45, 2.75) is 44.7 Å². The second-order valence-corrected chi connectivity index (χ2v) is 6.75. The summed E-state index contributed by atoms with van der Waals surface area (Å²) < 4.78 is 0. The van der Waals surface area contributed by atoms with Gasteiger partial charge in [0.1, 0.15) is 0 Å². The molecule has 1 aliphatic carbocycles. The normalized spacial score (nSPS) is 27.5. The Balaban J connectivity index is 1.56. The molecule has 3 heteroatoms. The summed E-state index contributed by atoms with van der Waals surface area (Å²) in [5, 5.41) is 4.77. The van der Waals surface area contributed by atoms with Crippen molar-refractivity contribution in [3.63, 3.8) is 0 Å². The zero-order valence-corrected chi connectivity index (χ0v) is 12.3. The van der Waals surface area contributed by atoms with Gasteiger partial charge in [-0.25, -0.2) is 0 Å². The van der Waals surface area contributed by atoms with Gasteiger partial charge in [0.2, 0.25) is 0 Å². The van der Waals surface area contributed by atoms with Gasteiger partial charge in [0.15, 0.2) is 5.17 Å². The summed E-state index contributed by atoms with van der Waals surface area (Å²) in [5.41, 5.74) is 1.39. The fraction of sp³-hybridized carbons (Fsp3) is 0.562. The largest absolute Gasteiger partial charge is 0.362 e. The molecule has 102 valence electrons. The molecular weight excluding hydrogens is 252 g/mol.